The zero-order valence-corrected chi connectivity index (χ0v) is 15.1. The Labute approximate surface area is 148 Å². The molecule has 1 amide bonds. The summed E-state index contributed by atoms with van der Waals surface area (Å²) in [5, 5.41) is 7.40. The largest absolute Gasteiger partial charge is 0.366 e. The monoisotopic (exact) mass is 342 g/mol. The Morgan fingerprint density at radius 3 is 2.84 bits per heavy atom. The molecule has 134 valence electrons. The van der Waals surface area contributed by atoms with E-state index in [2.05, 4.69) is 27.4 Å². The lowest BCUT2D eigenvalue weighted by molar-refractivity contribution is -0.139. The Kier molecular flexibility index (Phi) is 5.50. The maximum atomic E-state index is 12.6. The van der Waals surface area contributed by atoms with Crippen molar-refractivity contribution >= 4 is 5.91 Å². The first-order chi connectivity index (χ1) is 12.0. The van der Waals surface area contributed by atoms with Crippen molar-refractivity contribution < 1.29 is 9.53 Å². The fraction of sp³-hybridized carbons (Fsp3) is 0.474. The highest BCUT2D eigenvalue weighted by Gasteiger charge is 2.28. The molecule has 1 fully saturated rings. The van der Waals surface area contributed by atoms with Crippen LogP contribution in [0.1, 0.15) is 29.8 Å². The van der Waals surface area contributed by atoms with Crippen LogP contribution in [-0.4, -0.2) is 46.4 Å². The number of carbonyl (C=O) groups is 1. The lowest BCUT2D eigenvalue weighted by atomic mass is 10.1. The minimum atomic E-state index is -0.433. The SMILES string of the molecule is Cc1nn(C)cc1C(C)NC(=O)C1CN(Cc2ccccc2)CCO1. The number of carbonyl (C=O) groups excluding carboxylic acids is 1. The molecule has 0 aliphatic carbocycles. The molecule has 1 N–H and O–H groups in total. The van der Waals surface area contributed by atoms with Crippen LogP contribution < -0.4 is 5.32 Å². The molecule has 1 aromatic heterocycles. The number of aryl methyl sites for hydroxylation is 2. The second-order valence-corrected chi connectivity index (χ2v) is 6.65. The summed E-state index contributed by atoms with van der Waals surface area (Å²) in [5.41, 5.74) is 3.22. The van der Waals surface area contributed by atoms with Gasteiger partial charge >= 0.3 is 0 Å². The van der Waals surface area contributed by atoms with Crippen LogP contribution in [0, 0.1) is 6.92 Å². The number of rotatable bonds is 5. The fourth-order valence-corrected chi connectivity index (χ4v) is 3.27. The number of nitrogens with one attached hydrogen (secondary N) is 1. The minimum Gasteiger partial charge on any atom is -0.366 e. The van der Waals surface area contributed by atoms with Crippen LogP contribution in [0.3, 0.4) is 0 Å². The van der Waals surface area contributed by atoms with E-state index < -0.39 is 6.10 Å². The van der Waals surface area contributed by atoms with E-state index in [0.29, 0.717) is 13.2 Å². The van der Waals surface area contributed by atoms with Crippen LogP contribution in [0.4, 0.5) is 0 Å². The van der Waals surface area contributed by atoms with Crippen LogP contribution >= 0.6 is 0 Å². The molecule has 2 heterocycles. The number of hydrogen-bond acceptors (Lipinski definition) is 4. The molecule has 0 bridgehead atoms. The van der Waals surface area contributed by atoms with Gasteiger partial charge in [-0.1, -0.05) is 30.3 Å². The number of benzene rings is 1. The van der Waals surface area contributed by atoms with Gasteiger partial charge in [-0.05, 0) is 19.4 Å². The Hall–Kier alpha value is -2.18. The second-order valence-electron chi connectivity index (χ2n) is 6.65. The van der Waals surface area contributed by atoms with E-state index in [1.807, 2.05) is 45.3 Å². The van der Waals surface area contributed by atoms with Crippen molar-refractivity contribution in [1.82, 2.24) is 20.0 Å². The highest BCUT2D eigenvalue weighted by atomic mass is 16.5. The second kappa shape index (κ2) is 7.80. The average molecular weight is 342 g/mol. The van der Waals surface area contributed by atoms with Crippen LogP contribution in [0.5, 0.6) is 0 Å². The zero-order valence-electron chi connectivity index (χ0n) is 15.1. The summed E-state index contributed by atoms with van der Waals surface area (Å²) in [5.74, 6) is -0.0616. The summed E-state index contributed by atoms with van der Waals surface area (Å²) < 4.78 is 7.48. The molecule has 6 heteroatoms. The van der Waals surface area contributed by atoms with Gasteiger partial charge in [-0.2, -0.15) is 5.10 Å². The normalized spacial score (nSPS) is 19.6. The summed E-state index contributed by atoms with van der Waals surface area (Å²) in [6, 6.07) is 10.2. The molecule has 1 aromatic carbocycles. The highest BCUT2D eigenvalue weighted by Crippen LogP contribution is 2.17. The van der Waals surface area contributed by atoms with Gasteiger partial charge in [-0.15, -0.1) is 0 Å². The first-order valence-corrected chi connectivity index (χ1v) is 8.71. The Balaban J connectivity index is 1.57. The first kappa shape index (κ1) is 17.6. The predicted molar refractivity (Wildman–Crippen MR) is 96.0 cm³/mol. The number of nitrogens with zero attached hydrogens (tertiary/aromatic N) is 3. The maximum absolute atomic E-state index is 12.6. The summed E-state index contributed by atoms with van der Waals surface area (Å²) in [6.45, 7) is 6.80. The van der Waals surface area contributed by atoms with Crippen LogP contribution in [0.2, 0.25) is 0 Å². The van der Waals surface area contributed by atoms with E-state index in [1.165, 1.54) is 5.56 Å². The molecule has 2 aromatic rings. The van der Waals surface area contributed by atoms with Gasteiger partial charge in [0.15, 0.2) is 0 Å². The Morgan fingerprint density at radius 1 is 1.40 bits per heavy atom. The molecular formula is C19H26N4O2. The quantitative estimate of drug-likeness (QED) is 0.900. The number of hydrogen-bond donors (Lipinski definition) is 1. The average Bonchev–Trinajstić information content (AvgIpc) is 2.94. The summed E-state index contributed by atoms with van der Waals surface area (Å²) in [6.07, 6.45) is 1.51. The standard InChI is InChI=1S/C19H26N4O2/c1-14(17-12-22(3)21-15(17)2)20-19(24)18-13-23(9-10-25-18)11-16-7-5-4-6-8-16/h4-8,12,14,18H,9-11,13H2,1-3H3,(H,20,24). The van der Waals surface area contributed by atoms with E-state index in [1.54, 1.807) is 4.68 Å². The highest BCUT2D eigenvalue weighted by molar-refractivity contribution is 5.81. The van der Waals surface area contributed by atoms with Crippen molar-refractivity contribution in [3.05, 3.63) is 53.3 Å². The molecular weight excluding hydrogens is 316 g/mol. The van der Waals surface area contributed by atoms with Gasteiger partial charge < -0.3 is 10.1 Å². The topological polar surface area (TPSA) is 59.4 Å². The summed E-state index contributed by atoms with van der Waals surface area (Å²) in [7, 11) is 1.89. The molecule has 25 heavy (non-hydrogen) atoms. The van der Waals surface area contributed by atoms with Gasteiger partial charge in [-0.3, -0.25) is 14.4 Å². The van der Waals surface area contributed by atoms with Crippen molar-refractivity contribution in [1.29, 1.82) is 0 Å². The zero-order chi connectivity index (χ0) is 17.8. The molecule has 3 rings (SSSR count). The van der Waals surface area contributed by atoms with Gasteiger partial charge in [0.1, 0.15) is 6.10 Å². The molecule has 1 aliphatic heterocycles. The third kappa shape index (κ3) is 4.46. The van der Waals surface area contributed by atoms with Gasteiger partial charge in [0.05, 0.1) is 18.3 Å². The number of morpholine rings is 1. The molecule has 6 nitrogen and oxygen atoms in total. The van der Waals surface area contributed by atoms with E-state index in [4.69, 9.17) is 4.74 Å². The van der Waals surface area contributed by atoms with E-state index in [0.717, 1.165) is 24.3 Å². The summed E-state index contributed by atoms with van der Waals surface area (Å²) >= 11 is 0. The number of amides is 1. The van der Waals surface area contributed by atoms with Gasteiger partial charge in [-0.25, -0.2) is 0 Å². The molecule has 0 spiro atoms. The van der Waals surface area contributed by atoms with Crippen molar-refractivity contribution in [2.45, 2.75) is 32.5 Å². The fourth-order valence-electron chi connectivity index (χ4n) is 3.27. The smallest absolute Gasteiger partial charge is 0.250 e. The number of aromatic nitrogens is 2. The number of ether oxygens (including phenoxy) is 1. The van der Waals surface area contributed by atoms with Crippen molar-refractivity contribution in [3.8, 4) is 0 Å². The third-order valence-corrected chi connectivity index (χ3v) is 4.57. The van der Waals surface area contributed by atoms with E-state index >= 15 is 0 Å². The molecule has 1 saturated heterocycles. The Bertz CT molecular complexity index is 713. The predicted octanol–water partition coefficient (Wildman–Crippen LogP) is 1.81. The lowest BCUT2D eigenvalue weighted by Gasteiger charge is -2.32. The molecule has 2 atom stereocenters. The van der Waals surface area contributed by atoms with Crippen LogP contribution in [0.15, 0.2) is 36.5 Å². The van der Waals surface area contributed by atoms with Gasteiger partial charge in [0.25, 0.3) is 5.91 Å². The molecule has 1 aliphatic rings. The van der Waals surface area contributed by atoms with Crippen molar-refractivity contribution in [2.24, 2.45) is 7.05 Å². The van der Waals surface area contributed by atoms with Crippen molar-refractivity contribution in [3.63, 3.8) is 0 Å². The van der Waals surface area contributed by atoms with Crippen molar-refractivity contribution in [2.75, 3.05) is 19.7 Å². The lowest BCUT2D eigenvalue weighted by Crippen LogP contribution is -2.49. The van der Waals surface area contributed by atoms with Crippen LogP contribution in [-0.2, 0) is 23.1 Å². The van der Waals surface area contributed by atoms with E-state index in [-0.39, 0.29) is 11.9 Å². The maximum Gasteiger partial charge on any atom is 0.250 e. The molecule has 0 radical (unpaired) electrons. The molecule has 0 saturated carbocycles. The van der Waals surface area contributed by atoms with E-state index in [9.17, 15) is 4.79 Å². The molecule has 2 unspecified atom stereocenters. The van der Waals surface area contributed by atoms with Crippen LogP contribution in [0.25, 0.3) is 0 Å². The van der Waals surface area contributed by atoms with Gasteiger partial charge in [0.2, 0.25) is 0 Å². The van der Waals surface area contributed by atoms with Gasteiger partial charge in [0, 0.05) is 38.4 Å². The third-order valence-electron chi connectivity index (χ3n) is 4.57. The summed E-state index contributed by atoms with van der Waals surface area (Å²) in [4.78, 5) is 14.9. The minimum absolute atomic E-state index is 0.0616. The Morgan fingerprint density at radius 2 is 2.16 bits per heavy atom. The first-order valence-electron chi connectivity index (χ1n) is 8.71.